The van der Waals surface area contributed by atoms with E-state index in [9.17, 15) is 0 Å². The first kappa shape index (κ1) is 17.3. The van der Waals surface area contributed by atoms with Crippen LogP contribution in [0.1, 0.15) is 26.7 Å². The molecule has 1 rings (SSSR count). The number of ether oxygens (including phenoxy) is 2. The Morgan fingerprint density at radius 3 is 2.38 bits per heavy atom. The van der Waals surface area contributed by atoms with Crippen molar-refractivity contribution in [2.75, 3.05) is 26.2 Å². The van der Waals surface area contributed by atoms with Gasteiger partial charge in [-0.2, -0.15) is 0 Å². The number of hydrogen-bond acceptors (Lipinski definition) is 5. The molecular weight excluding hydrogens is 266 g/mol. The summed E-state index contributed by atoms with van der Waals surface area (Å²) in [6.45, 7) is 7.64. The quantitative estimate of drug-likeness (QED) is 0.670. The zero-order valence-electron chi connectivity index (χ0n) is 12.9. The molecule has 0 aliphatic rings. The van der Waals surface area contributed by atoms with E-state index in [1.165, 1.54) is 0 Å². The largest absolute Gasteiger partial charge is 0.488 e. The number of para-hydroxylation sites is 2. The molecule has 1 aromatic carbocycles. The molecule has 116 valence electrons. The summed E-state index contributed by atoms with van der Waals surface area (Å²) < 4.78 is 10.5. The van der Waals surface area contributed by atoms with Crippen molar-refractivity contribution in [2.45, 2.75) is 32.7 Å². The van der Waals surface area contributed by atoms with E-state index in [-0.39, 0.29) is 6.04 Å². The summed E-state index contributed by atoms with van der Waals surface area (Å²) >= 11 is 0. The number of rotatable bonds is 10. The highest BCUT2D eigenvalue weighted by molar-refractivity contribution is 5.40. The average molecular weight is 291 g/mol. The van der Waals surface area contributed by atoms with Gasteiger partial charge in [0.15, 0.2) is 11.5 Å². The number of benzene rings is 1. The third kappa shape index (κ3) is 6.48. The maximum atomic E-state index is 8.60. The van der Waals surface area contributed by atoms with Gasteiger partial charge in [-0.25, -0.2) is 0 Å². The summed E-state index contributed by atoms with van der Waals surface area (Å²) in [5.41, 5.74) is 6.13. The molecule has 0 aliphatic heterocycles. The predicted molar refractivity (Wildman–Crippen MR) is 83.2 cm³/mol. The van der Waals surface area contributed by atoms with Gasteiger partial charge in [0, 0.05) is 6.54 Å². The van der Waals surface area contributed by atoms with E-state index in [0.29, 0.717) is 18.1 Å². The fraction of sp³-hybridized carbons (Fsp3) is 0.562. The molecule has 0 radical (unpaired) electrons. The highest BCUT2D eigenvalue weighted by Crippen LogP contribution is 2.26. The van der Waals surface area contributed by atoms with E-state index >= 15 is 0 Å². The van der Waals surface area contributed by atoms with Gasteiger partial charge in [0.2, 0.25) is 0 Å². The van der Waals surface area contributed by atoms with Gasteiger partial charge in [-0.15, -0.1) is 5.26 Å². The third-order valence-electron chi connectivity index (χ3n) is 3.03. The number of nitrogens with zero attached hydrogens (tertiary/aromatic N) is 2. The first-order valence-corrected chi connectivity index (χ1v) is 7.46. The van der Waals surface area contributed by atoms with E-state index in [1.807, 2.05) is 6.07 Å². The normalized spacial score (nSPS) is 12.0. The van der Waals surface area contributed by atoms with Crippen molar-refractivity contribution >= 4 is 0 Å². The van der Waals surface area contributed by atoms with Crippen LogP contribution in [0, 0.1) is 11.5 Å². The fourth-order valence-electron chi connectivity index (χ4n) is 2.21. The van der Waals surface area contributed by atoms with Crippen LogP contribution in [0.4, 0.5) is 0 Å². The maximum Gasteiger partial charge on any atom is 0.292 e. The van der Waals surface area contributed by atoms with E-state index in [4.69, 9.17) is 20.5 Å². The highest BCUT2D eigenvalue weighted by Gasteiger charge is 2.11. The molecular formula is C16H25N3O2. The zero-order chi connectivity index (χ0) is 15.5. The van der Waals surface area contributed by atoms with Gasteiger partial charge in [-0.05, 0) is 38.1 Å². The minimum atomic E-state index is -0.0711. The smallest absolute Gasteiger partial charge is 0.292 e. The van der Waals surface area contributed by atoms with Crippen LogP contribution < -0.4 is 15.2 Å². The summed E-state index contributed by atoms with van der Waals surface area (Å²) in [4.78, 5) is 2.35. The van der Waals surface area contributed by atoms with Crippen molar-refractivity contribution in [3.05, 3.63) is 24.3 Å². The van der Waals surface area contributed by atoms with Gasteiger partial charge in [-0.3, -0.25) is 0 Å². The Morgan fingerprint density at radius 2 is 1.81 bits per heavy atom. The molecule has 0 fully saturated rings. The molecule has 1 atom stereocenters. The molecule has 0 aliphatic carbocycles. The van der Waals surface area contributed by atoms with Crippen LogP contribution in [-0.4, -0.2) is 37.2 Å². The SMILES string of the molecule is CCCN(CCC)CC(N)COc1ccccc1OC#N. The molecule has 2 N–H and O–H groups in total. The molecule has 0 bridgehead atoms. The molecule has 1 unspecified atom stereocenters. The van der Waals surface area contributed by atoms with Crippen molar-refractivity contribution in [2.24, 2.45) is 5.73 Å². The Labute approximate surface area is 127 Å². The molecule has 1 aromatic rings. The number of nitrogens with two attached hydrogens (primary N) is 1. The van der Waals surface area contributed by atoms with Crippen molar-refractivity contribution in [3.8, 4) is 17.8 Å². The molecule has 5 nitrogen and oxygen atoms in total. The lowest BCUT2D eigenvalue weighted by Crippen LogP contribution is -2.41. The molecule has 21 heavy (non-hydrogen) atoms. The second kappa shape index (κ2) is 10.0. The van der Waals surface area contributed by atoms with Crippen LogP contribution in [0.25, 0.3) is 0 Å². The molecule has 5 heteroatoms. The molecule has 0 saturated carbocycles. The van der Waals surface area contributed by atoms with Crippen molar-refractivity contribution in [3.63, 3.8) is 0 Å². The molecule has 0 heterocycles. The Hall–Kier alpha value is -1.77. The van der Waals surface area contributed by atoms with E-state index < -0.39 is 0 Å². The monoisotopic (exact) mass is 291 g/mol. The lowest BCUT2D eigenvalue weighted by molar-refractivity contribution is 0.210. The minimum absolute atomic E-state index is 0.0711. The van der Waals surface area contributed by atoms with E-state index in [2.05, 4.69) is 18.7 Å². The van der Waals surface area contributed by atoms with Crippen molar-refractivity contribution < 1.29 is 9.47 Å². The summed E-state index contributed by atoms with van der Waals surface area (Å²) in [6, 6.07) is 7.04. The first-order chi connectivity index (χ1) is 10.2. The van der Waals surface area contributed by atoms with Gasteiger partial charge >= 0.3 is 0 Å². The van der Waals surface area contributed by atoms with Gasteiger partial charge in [0.25, 0.3) is 6.26 Å². The Kier molecular flexibility index (Phi) is 8.25. The van der Waals surface area contributed by atoms with E-state index in [1.54, 1.807) is 24.5 Å². The zero-order valence-corrected chi connectivity index (χ0v) is 12.9. The average Bonchev–Trinajstić information content (AvgIpc) is 2.47. The summed E-state index contributed by atoms with van der Waals surface area (Å²) in [5.74, 6) is 0.971. The van der Waals surface area contributed by atoms with Gasteiger partial charge in [0.1, 0.15) is 6.61 Å². The Bertz CT molecular complexity index is 439. The summed E-state index contributed by atoms with van der Waals surface area (Å²) in [6.07, 6.45) is 3.89. The maximum absolute atomic E-state index is 8.60. The predicted octanol–water partition coefficient (Wildman–Crippen LogP) is 2.37. The molecule has 0 aromatic heterocycles. The third-order valence-corrected chi connectivity index (χ3v) is 3.03. The van der Waals surface area contributed by atoms with Crippen molar-refractivity contribution in [1.29, 1.82) is 5.26 Å². The van der Waals surface area contributed by atoms with Crippen LogP contribution in [0.3, 0.4) is 0 Å². The highest BCUT2D eigenvalue weighted by atomic mass is 16.5. The summed E-state index contributed by atoms with van der Waals surface area (Å²) in [5, 5.41) is 8.60. The standard InChI is InChI=1S/C16H25N3O2/c1-3-9-19(10-4-2)11-14(18)12-20-15-7-5-6-8-16(15)21-13-17/h5-8,14H,3-4,9-12,18H2,1-2H3. The van der Waals surface area contributed by atoms with Crippen LogP contribution in [-0.2, 0) is 0 Å². The number of hydrogen-bond donors (Lipinski definition) is 1. The van der Waals surface area contributed by atoms with Crippen LogP contribution >= 0.6 is 0 Å². The molecule has 0 amide bonds. The fourth-order valence-corrected chi connectivity index (χ4v) is 2.21. The van der Waals surface area contributed by atoms with Crippen LogP contribution in [0.2, 0.25) is 0 Å². The second-order valence-electron chi connectivity index (χ2n) is 5.01. The molecule has 0 saturated heterocycles. The van der Waals surface area contributed by atoms with Gasteiger partial charge < -0.3 is 20.1 Å². The van der Waals surface area contributed by atoms with Crippen LogP contribution in [0.5, 0.6) is 11.5 Å². The van der Waals surface area contributed by atoms with Crippen molar-refractivity contribution in [1.82, 2.24) is 4.90 Å². The Balaban J connectivity index is 2.48. The van der Waals surface area contributed by atoms with Gasteiger partial charge in [-0.1, -0.05) is 26.0 Å². The first-order valence-electron chi connectivity index (χ1n) is 7.46. The Morgan fingerprint density at radius 1 is 1.19 bits per heavy atom. The minimum Gasteiger partial charge on any atom is -0.488 e. The molecule has 0 spiro atoms. The van der Waals surface area contributed by atoms with Crippen LogP contribution in [0.15, 0.2) is 24.3 Å². The summed E-state index contributed by atoms with van der Waals surface area (Å²) in [7, 11) is 0. The number of nitriles is 1. The van der Waals surface area contributed by atoms with Gasteiger partial charge in [0.05, 0.1) is 6.04 Å². The topological polar surface area (TPSA) is 71.5 Å². The lowest BCUT2D eigenvalue weighted by atomic mass is 10.2. The second-order valence-corrected chi connectivity index (χ2v) is 5.01. The van der Waals surface area contributed by atoms with E-state index in [0.717, 1.165) is 32.5 Å². The lowest BCUT2D eigenvalue weighted by Gasteiger charge is -2.24.